The molecule has 0 bridgehead atoms. The van der Waals surface area contributed by atoms with Crippen LogP contribution >= 0.6 is 11.3 Å². The van der Waals surface area contributed by atoms with E-state index in [1.54, 1.807) is 24.5 Å². The third-order valence-corrected chi connectivity index (χ3v) is 4.71. The lowest BCUT2D eigenvalue weighted by molar-refractivity contribution is 0.477. The number of hydrogen-bond acceptors (Lipinski definition) is 7. The molecule has 0 spiro atoms. The minimum atomic E-state index is 0.461. The monoisotopic (exact) mass is 397 g/mol. The quantitative estimate of drug-likeness (QED) is 0.391. The van der Waals surface area contributed by atoms with Crippen LogP contribution in [0.4, 0.5) is 5.82 Å². The average Bonchev–Trinajstić information content (AvgIpc) is 3.21. The molecule has 2 heterocycles. The molecular formula is C22H15N5OS. The largest absolute Gasteiger partial charge is 0.429 e. The maximum atomic E-state index is 9.13. The minimum absolute atomic E-state index is 0.461. The number of aromatic nitrogens is 3. The van der Waals surface area contributed by atoms with Crippen LogP contribution in [-0.4, -0.2) is 21.5 Å². The second kappa shape index (κ2) is 8.83. The van der Waals surface area contributed by atoms with Gasteiger partial charge in [-0.2, -0.15) is 10.2 Å². The molecule has 6 nitrogen and oxygen atoms in total. The third kappa shape index (κ3) is 4.49. The summed E-state index contributed by atoms with van der Waals surface area (Å²) in [7, 11) is 0. The summed E-state index contributed by atoms with van der Waals surface area (Å²) >= 11 is 1.35. The zero-order valence-electron chi connectivity index (χ0n) is 15.3. The number of para-hydroxylation sites is 2. The van der Waals surface area contributed by atoms with Crippen molar-refractivity contribution in [1.82, 2.24) is 15.0 Å². The van der Waals surface area contributed by atoms with Crippen molar-refractivity contribution < 1.29 is 4.74 Å². The number of ether oxygens (including phenoxy) is 1. The van der Waals surface area contributed by atoms with Gasteiger partial charge in [-0.25, -0.2) is 9.97 Å². The summed E-state index contributed by atoms with van der Waals surface area (Å²) in [6.45, 7) is 0.664. The summed E-state index contributed by atoms with van der Waals surface area (Å²) < 4.78 is 5.70. The fourth-order valence-corrected chi connectivity index (χ4v) is 3.26. The Morgan fingerprint density at radius 1 is 1.07 bits per heavy atom. The molecule has 2 aromatic carbocycles. The molecule has 4 rings (SSSR count). The first-order valence-corrected chi connectivity index (χ1v) is 9.76. The predicted octanol–water partition coefficient (Wildman–Crippen LogP) is 4.60. The number of nitriles is 1. The molecule has 0 aliphatic rings. The molecule has 0 unspecified atom stereocenters. The van der Waals surface area contributed by atoms with Crippen LogP contribution in [0.15, 0.2) is 60.2 Å². The number of fused-ring (bicyclic) bond motifs is 1. The van der Waals surface area contributed by atoms with E-state index in [0.29, 0.717) is 35.2 Å². The number of thiazole rings is 1. The zero-order chi connectivity index (χ0) is 19.9. The van der Waals surface area contributed by atoms with Gasteiger partial charge in [0.2, 0.25) is 0 Å². The molecular weight excluding hydrogens is 382 g/mol. The van der Waals surface area contributed by atoms with E-state index in [4.69, 9.17) is 10.00 Å². The number of nitrogens with one attached hydrogen (secondary N) is 1. The van der Waals surface area contributed by atoms with Crippen LogP contribution in [0, 0.1) is 23.2 Å². The fourth-order valence-electron chi connectivity index (χ4n) is 2.65. The van der Waals surface area contributed by atoms with Gasteiger partial charge in [-0.05, 0) is 30.2 Å². The average molecular weight is 397 g/mol. The first kappa shape index (κ1) is 18.4. The van der Waals surface area contributed by atoms with Gasteiger partial charge in [0, 0.05) is 23.7 Å². The molecule has 29 heavy (non-hydrogen) atoms. The van der Waals surface area contributed by atoms with Gasteiger partial charge in [-0.1, -0.05) is 41.5 Å². The van der Waals surface area contributed by atoms with E-state index in [9.17, 15) is 0 Å². The van der Waals surface area contributed by atoms with E-state index < -0.39 is 0 Å². The van der Waals surface area contributed by atoms with E-state index in [1.165, 1.54) is 11.3 Å². The molecule has 0 aliphatic carbocycles. The first-order valence-electron chi connectivity index (χ1n) is 8.88. The third-order valence-electron chi connectivity index (χ3n) is 3.99. The second-order valence-electron chi connectivity index (χ2n) is 5.93. The Morgan fingerprint density at radius 2 is 1.93 bits per heavy atom. The Balaban J connectivity index is 1.34. The summed E-state index contributed by atoms with van der Waals surface area (Å²) in [5, 5.41) is 15.7. The predicted molar refractivity (Wildman–Crippen MR) is 113 cm³/mol. The topological polar surface area (TPSA) is 83.7 Å². The smallest absolute Gasteiger partial charge is 0.279 e. The van der Waals surface area contributed by atoms with Gasteiger partial charge in [0.25, 0.3) is 5.19 Å². The molecule has 1 N–H and O–H groups in total. The van der Waals surface area contributed by atoms with Crippen LogP contribution in [0.3, 0.4) is 0 Å². The van der Waals surface area contributed by atoms with Crippen molar-refractivity contribution in [2.45, 2.75) is 6.42 Å². The van der Waals surface area contributed by atoms with Crippen LogP contribution in [0.25, 0.3) is 10.9 Å². The van der Waals surface area contributed by atoms with Crippen molar-refractivity contribution in [2.75, 3.05) is 11.9 Å². The van der Waals surface area contributed by atoms with Crippen LogP contribution < -0.4 is 10.1 Å². The van der Waals surface area contributed by atoms with Crippen molar-refractivity contribution in [2.24, 2.45) is 0 Å². The molecule has 0 saturated heterocycles. The zero-order valence-corrected chi connectivity index (χ0v) is 16.1. The summed E-state index contributed by atoms with van der Waals surface area (Å²) in [6.07, 6.45) is 2.20. The molecule has 2 aromatic heterocycles. The minimum Gasteiger partial charge on any atom is -0.429 e. The molecule has 7 heteroatoms. The number of anilines is 1. The van der Waals surface area contributed by atoms with Crippen molar-refractivity contribution >= 4 is 28.1 Å². The number of nitrogens with zero attached hydrogens (tertiary/aromatic N) is 4. The van der Waals surface area contributed by atoms with Gasteiger partial charge in [-0.15, -0.1) is 0 Å². The van der Waals surface area contributed by atoms with Crippen molar-refractivity contribution in [3.8, 4) is 28.9 Å². The fraction of sp³-hybridized carbons (Fsp3) is 0.0909. The van der Waals surface area contributed by atoms with Crippen molar-refractivity contribution in [3.63, 3.8) is 0 Å². The number of benzene rings is 2. The summed E-state index contributed by atoms with van der Waals surface area (Å²) in [6, 6.07) is 17.0. The molecule has 0 aliphatic heterocycles. The first-order chi connectivity index (χ1) is 14.3. The van der Waals surface area contributed by atoms with Crippen molar-refractivity contribution in [3.05, 3.63) is 71.5 Å². The summed E-state index contributed by atoms with van der Waals surface area (Å²) in [5.41, 5.74) is 2.02. The normalized spacial score (nSPS) is 10.0. The van der Waals surface area contributed by atoms with Gasteiger partial charge in [0.1, 0.15) is 29.7 Å². The number of rotatable bonds is 5. The van der Waals surface area contributed by atoms with Gasteiger partial charge in [0.15, 0.2) is 0 Å². The van der Waals surface area contributed by atoms with Gasteiger partial charge in [-0.3, -0.25) is 0 Å². The molecule has 0 amide bonds. The van der Waals surface area contributed by atoms with E-state index in [0.717, 1.165) is 16.7 Å². The molecule has 0 atom stereocenters. The molecule has 0 radical (unpaired) electrons. The standard InChI is InChI=1S/C22H15N5OS/c23-13-16-7-1-4-11-20(16)28-22-27-17(14-29-22)8-5-6-12-24-21-18-9-2-3-10-19(18)25-15-26-21/h1-4,7,9-11,14-15H,6,12H2,(H,24,25,26). The van der Waals surface area contributed by atoms with Crippen LogP contribution in [0.1, 0.15) is 17.7 Å². The molecule has 0 saturated carbocycles. The highest BCUT2D eigenvalue weighted by atomic mass is 32.1. The molecule has 4 aromatic rings. The lowest BCUT2D eigenvalue weighted by Gasteiger charge is -2.05. The Hall–Kier alpha value is -3.94. The van der Waals surface area contributed by atoms with E-state index in [1.807, 2.05) is 35.7 Å². The Labute approximate surface area is 171 Å². The van der Waals surface area contributed by atoms with Crippen LogP contribution in [0.5, 0.6) is 10.9 Å². The maximum Gasteiger partial charge on any atom is 0.279 e. The lowest BCUT2D eigenvalue weighted by atomic mass is 10.2. The van der Waals surface area contributed by atoms with E-state index in [-0.39, 0.29) is 0 Å². The molecule has 140 valence electrons. The SMILES string of the molecule is N#Cc1ccccc1Oc1nc(C#CCCNc2ncnc3ccccc23)cs1. The summed E-state index contributed by atoms with van der Waals surface area (Å²) in [4.78, 5) is 12.9. The van der Waals surface area contributed by atoms with E-state index in [2.05, 4.69) is 38.2 Å². The Morgan fingerprint density at radius 3 is 2.86 bits per heavy atom. The Bertz CT molecular complexity index is 1240. The van der Waals surface area contributed by atoms with E-state index >= 15 is 0 Å². The summed E-state index contributed by atoms with van der Waals surface area (Å²) in [5.74, 6) is 7.43. The van der Waals surface area contributed by atoms with Crippen molar-refractivity contribution in [1.29, 1.82) is 5.26 Å². The Kier molecular flexibility index (Phi) is 5.61. The highest BCUT2D eigenvalue weighted by Gasteiger charge is 2.07. The second-order valence-corrected chi connectivity index (χ2v) is 6.75. The molecule has 0 fully saturated rings. The highest BCUT2D eigenvalue weighted by molar-refractivity contribution is 7.11. The number of hydrogen-bond donors (Lipinski definition) is 1. The van der Waals surface area contributed by atoms with Crippen LogP contribution in [0.2, 0.25) is 0 Å². The lowest BCUT2D eigenvalue weighted by Crippen LogP contribution is -2.03. The highest BCUT2D eigenvalue weighted by Crippen LogP contribution is 2.27. The van der Waals surface area contributed by atoms with Gasteiger partial charge < -0.3 is 10.1 Å². The van der Waals surface area contributed by atoms with Gasteiger partial charge in [0.05, 0.1) is 11.1 Å². The maximum absolute atomic E-state index is 9.13. The van der Waals surface area contributed by atoms with Crippen LogP contribution in [-0.2, 0) is 0 Å². The van der Waals surface area contributed by atoms with Gasteiger partial charge >= 0.3 is 0 Å².